The second-order valence-electron chi connectivity index (χ2n) is 3.72. The lowest BCUT2D eigenvalue weighted by atomic mass is 10.3. The minimum absolute atomic E-state index is 0.313. The number of thiophene rings is 1. The number of hydrogen-bond donors (Lipinski definition) is 1. The standard InChI is InChI=1S/C11H13NO3S2/c1-8-5-6-10(15-8)9(2)12-17(13,14)11-4-3-7-16-11/h3-7,9,12H,1-2H3/t9-/m1/s1. The molecule has 2 heterocycles. The van der Waals surface area contributed by atoms with Crippen LogP contribution in [0.1, 0.15) is 24.5 Å². The van der Waals surface area contributed by atoms with Crippen molar-refractivity contribution in [2.75, 3.05) is 0 Å². The molecule has 4 nitrogen and oxygen atoms in total. The maximum Gasteiger partial charge on any atom is 0.250 e. The van der Waals surface area contributed by atoms with Gasteiger partial charge in [0.05, 0.1) is 6.04 Å². The molecule has 2 rings (SSSR count). The average Bonchev–Trinajstić information content (AvgIpc) is 2.86. The van der Waals surface area contributed by atoms with Crippen LogP contribution < -0.4 is 4.72 Å². The Morgan fingerprint density at radius 3 is 2.65 bits per heavy atom. The number of hydrogen-bond acceptors (Lipinski definition) is 4. The van der Waals surface area contributed by atoms with E-state index in [1.807, 2.05) is 13.0 Å². The Kier molecular flexibility index (Phi) is 3.37. The summed E-state index contributed by atoms with van der Waals surface area (Å²) < 4.78 is 32.2. The predicted octanol–water partition coefficient (Wildman–Crippen LogP) is 2.69. The molecule has 0 saturated carbocycles. The number of aryl methyl sites for hydroxylation is 1. The number of furan rings is 1. The highest BCUT2D eigenvalue weighted by Crippen LogP contribution is 2.21. The molecule has 0 saturated heterocycles. The summed E-state index contributed by atoms with van der Waals surface area (Å²) in [6.07, 6.45) is 0. The van der Waals surface area contributed by atoms with E-state index in [2.05, 4.69) is 4.72 Å². The van der Waals surface area contributed by atoms with Gasteiger partial charge in [-0.15, -0.1) is 11.3 Å². The van der Waals surface area contributed by atoms with Gasteiger partial charge in [-0.3, -0.25) is 0 Å². The second kappa shape index (κ2) is 4.64. The van der Waals surface area contributed by atoms with Crippen molar-refractivity contribution < 1.29 is 12.8 Å². The molecule has 0 bridgehead atoms. The van der Waals surface area contributed by atoms with Gasteiger partial charge in [0.1, 0.15) is 15.7 Å². The molecular formula is C11H13NO3S2. The zero-order chi connectivity index (χ0) is 12.5. The molecule has 2 aromatic rings. The predicted molar refractivity (Wildman–Crippen MR) is 66.5 cm³/mol. The first-order valence-corrected chi connectivity index (χ1v) is 7.47. The van der Waals surface area contributed by atoms with Crippen LogP contribution in [0.15, 0.2) is 38.3 Å². The van der Waals surface area contributed by atoms with Crippen molar-refractivity contribution in [1.82, 2.24) is 4.72 Å². The molecule has 0 spiro atoms. The molecule has 17 heavy (non-hydrogen) atoms. The van der Waals surface area contributed by atoms with Gasteiger partial charge in [0.2, 0.25) is 0 Å². The number of sulfonamides is 1. The summed E-state index contributed by atoms with van der Waals surface area (Å²) in [5.41, 5.74) is 0. The van der Waals surface area contributed by atoms with Crippen LogP contribution in [0.2, 0.25) is 0 Å². The third-order valence-corrected chi connectivity index (χ3v) is 5.22. The van der Waals surface area contributed by atoms with Crippen LogP contribution in [-0.4, -0.2) is 8.42 Å². The molecule has 0 unspecified atom stereocenters. The summed E-state index contributed by atoms with van der Waals surface area (Å²) >= 11 is 1.19. The first-order valence-electron chi connectivity index (χ1n) is 5.11. The van der Waals surface area contributed by atoms with Crippen LogP contribution in [0.3, 0.4) is 0 Å². The van der Waals surface area contributed by atoms with E-state index in [0.29, 0.717) is 9.97 Å². The van der Waals surface area contributed by atoms with Gasteiger partial charge in [-0.05, 0) is 37.4 Å². The quantitative estimate of drug-likeness (QED) is 0.930. The van der Waals surface area contributed by atoms with Gasteiger partial charge in [-0.1, -0.05) is 6.07 Å². The van der Waals surface area contributed by atoms with Crippen LogP contribution in [0.4, 0.5) is 0 Å². The third-order valence-electron chi connectivity index (χ3n) is 2.28. The molecule has 1 atom stereocenters. The van der Waals surface area contributed by atoms with Crippen molar-refractivity contribution in [3.63, 3.8) is 0 Å². The van der Waals surface area contributed by atoms with Crippen molar-refractivity contribution in [2.45, 2.75) is 24.1 Å². The van der Waals surface area contributed by atoms with Crippen molar-refractivity contribution in [3.05, 3.63) is 41.2 Å². The first kappa shape index (κ1) is 12.3. The molecular weight excluding hydrogens is 258 g/mol. The van der Waals surface area contributed by atoms with E-state index in [-0.39, 0.29) is 6.04 Å². The minimum Gasteiger partial charge on any atom is -0.465 e. The van der Waals surface area contributed by atoms with Crippen molar-refractivity contribution >= 4 is 21.4 Å². The fourth-order valence-corrected chi connectivity index (χ4v) is 3.67. The van der Waals surface area contributed by atoms with E-state index >= 15 is 0 Å². The van der Waals surface area contributed by atoms with Gasteiger partial charge in [-0.2, -0.15) is 0 Å². The molecule has 2 aromatic heterocycles. The van der Waals surface area contributed by atoms with Gasteiger partial charge in [0.25, 0.3) is 10.0 Å². The summed E-state index contributed by atoms with van der Waals surface area (Å²) in [7, 11) is -3.45. The Morgan fingerprint density at radius 2 is 2.12 bits per heavy atom. The zero-order valence-corrected chi connectivity index (χ0v) is 11.1. The van der Waals surface area contributed by atoms with Crippen LogP contribution in [0.25, 0.3) is 0 Å². The van der Waals surface area contributed by atoms with E-state index in [1.54, 1.807) is 30.5 Å². The lowest BCUT2D eigenvalue weighted by Gasteiger charge is -2.10. The van der Waals surface area contributed by atoms with Gasteiger partial charge in [0.15, 0.2) is 0 Å². The fourth-order valence-electron chi connectivity index (χ4n) is 1.45. The molecule has 0 fully saturated rings. The van der Waals surface area contributed by atoms with E-state index in [4.69, 9.17) is 4.42 Å². The molecule has 1 N–H and O–H groups in total. The first-order chi connectivity index (χ1) is 7.99. The molecule has 0 aromatic carbocycles. The molecule has 0 amide bonds. The SMILES string of the molecule is Cc1ccc([C@@H](C)NS(=O)(=O)c2cccs2)o1. The molecule has 6 heteroatoms. The Bertz CT molecular complexity index is 584. The monoisotopic (exact) mass is 271 g/mol. The number of rotatable bonds is 4. The van der Waals surface area contributed by atoms with Crippen LogP contribution >= 0.6 is 11.3 Å². The van der Waals surface area contributed by atoms with E-state index in [1.165, 1.54) is 11.3 Å². The minimum atomic E-state index is -3.45. The summed E-state index contributed by atoms with van der Waals surface area (Å²) in [5.74, 6) is 1.38. The van der Waals surface area contributed by atoms with E-state index in [0.717, 1.165) is 5.76 Å². The maximum absolute atomic E-state index is 11.9. The summed E-state index contributed by atoms with van der Waals surface area (Å²) in [4.78, 5) is 0. The largest absolute Gasteiger partial charge is 0.465 e. The van der Waals surface area contributed by atoms with Crippen LogP contribution in [0.5, 0.6) is 0 Å². The van der Waals surface area contributed by atoms with Crippen LogP contribution in [-0.2, 0) is 10.0 Å². The summed E-state index contributed by atoms with van der Waals surface area (Å²) in [5, 5.41) is 1.73. The van der Waals surface area contributed by atoms with Crippen LogP contribution in [0, 0.1) is 6.92 Å². The molecule has 0 radical (unpaired) electrons. The third kappa shape index (κ3) is 2.77. The fraction of sp³-hybridized carbons (Fsp3) is 0.273. The Labute approximate surface area is 104 Å². The Balaban J connectivity index is 2.17. The zero-order valence-electron chi connectivity index (χ0n) is 9.51. The van der Waals surface area contributed by atoms with Gasteiger partial charge < -0.3 is 4.42 Å². The topological polar surface area (TPSA) is 59.3 Å². The molecule has 0 aliphatic rings. The highest BCUT2D eigenvalue weighted by atomic mass is 32.2. The van der Waals surface area contributed by atoms with Crippen molar-refractivity contribution in [1.29, 1.82) is 0 Å². The highest BCUT2D eigenvalue weighted by molar-refractivity contribution is 7.91. The lowest BCUT2D eigenvalue weighted by molar-refractivity contribution is 0.441. The summed E-state index contributed by atoms with van der Waals surface area (Å²) in [6, 6.07) is 6.49. The normalized spacial score (nSPS) is 13.8. The average molecular weight is 271 g/mol. The van der Waals surface area contributed by atoms with Crippen molar-refractivity contribution in [3.8, 4) is 0 Å². The van der Waals surface area contributed by atoms with E-state index in [9.17, 15) is 8.42 Å². The van der Waals surface area contributed by atoms with Gasteiger partial charge in [-0.25, -0.2) is 13.1 Å². The van der Waals surface area contributed by atoms with Gasteiger partial charge in [0, 0.05) is 0 Å². The Morgan fingerprint density at radius 1 is 1.35 bits per heavy atom. The Hall–Kier alpha value is -1.11. The maximum atomic E-state index is 11.9. The molecule has 0 aliphatic carbocycles. The number of nitrogens with one attached hydrogen (secondary N) is 1. The van der Waals surface area contributed by atoms with Crippen molar-refractivity contribution in [2.24, 2.45) is 0 Å². The lowest BCUT2D eigenvalue weighted by Crippen LogP contribution is -2.25. The van der Waals surface area contributed by atoms with Gasteiger partial charge >= 0.3 is 0 Å². The van der Waals surface area contributed by atoms with E-state index < -0.39 is 10.0 Å². The molecule has 0 aliphatic heterocycles. The molecule has 92 valence electrons. The summed E-state index contributed by atoms with van der Waals surface area (Å²) in [6.45, 7) is 3.58. The second-order valence-corrected chi connectivity index (χ2v) is 6.61. The smallest absolute Gasteiger partial charge is 0.250 e. The highest BCUT2D eigenvalue weighted by Gasteiger charge is 2.20.